The number of phenolic OH excluding ortho intramolecular Hbond substituents is 1. The van der Waals surface area contributed by atoms with E-state index in [9.17, 15) is 5.11 Å². The summed E-state index contributed by atoms with van der Waals surface area (Å²) in [6.45, 7) is 8.29. The maximum absolute atomic E-state index is 10.9. The molecule has 4 heteroatoms. The van der Waals surface area contributed by atoms with Crippen LogP contribution in [0.1, 0.15) is 62.6 Å². The first-order valence-electron chi connectivity index (χ1n) is 10.6. The molecule has 0 bridgehead atoms. The van der Waals surface area contributed by atoms with Gasteiger partial charge in [0.15, 0.2) is 0 Å². The highest BCUT2D eigenvalue weighted by Crippen LogP contribution is 2.48. The van der Waals surface area contributed by atoms with Crippen molar-refractivity contribution in [3.05, 3.63) is 63.1 Å². The Morgan fingerprint density at radius 1 is 1.21 bits per heavy atom. The number of hydrogen-bond acceptors (Lipinski definition) is 3. The summed E-state index contributed by atoms with van der Waals surface area (Å²) >= 11 is 3.49. The van der Waals surface area contributed by atoms with Crippen LogP contribution >= 0.6 is 15.9 Å². The fourth-order valence-electron chi connectivity index (χ4n) is 4.64. The normalized spacial score (nSPS) is 18.6. The Morgan fingerprint density at radius 2 is 1.97 bits per heavy atom. The highest BCUT2D eigenvalue weighted by Gasteiger charge is 2.37. The molecule has 2 aliphatic rings. The van der Waals surface area contributed by atoms with Crippen molar-refractivity contribution in [1.29, 1.82) is 0 Å². The largest absolute Gasteiger partial charge is 0.507 e. The first kappa shape index (κ1) is 20.5. The molecule has 0 saturated carbocycles. The topological polar surface area (TPSA) is 41.5 Å². The zero-order valence-electron chi connectivity index (χ0n) is 17.5. The third-order valence-corrected chi connectivity index (χ3v) is 6.83. The second-order valence-electron chi connectivity index (χ2n) is 8.83. The molecule has 0 fully saturated rings. The molecule has 1 unspecified atom stereocenters. The van der Waals surface area contributed by atoms with E-state index >= 15 is 0 Å². The maximum atomic E-state index is 10.9. The minimum absolute atomic E-state index is 0.319. The van der Waals surface area contributed by atoms with Crippen LogP contribution in [0.3, 0.4) is 0 Å². The average Bonchev–Trinajstić information content (AvgIpc) is 2.68. The van der Waals surface area contributed by atoms with E-state index in [1.54, 1.807) is 0 Å². The van der Waals surface area contributed by atoms with Crippen molar-refractivity contribution < 1.29 is 9.84 Å². The van der Waals surface area contributed by atoms with Gasteiger partial charge in [-0.15, -0.1) is 0 Å². The fourth-order valence-corrected chi connectivity index (χ4v) is 4.91. The van der Waals surface area contributed by atoms with Gasteiger partial charge in [0, 0.05) is 11.0 Å². The van der Waals surface area contributed by atoms with E-state index in [2.05, 4.69) is 72.3 Å². The zero-order chi connectivity index (χ0) is 20.6. The standard InChI is InChI=1S/C25H30BrNO2/c1-16(5-4-6-17-7-9-19(26)10-8-17)18-13-22(28)24-20-15-27-12-11-21(20)25(2,3)29-23(24)14-18/h7-10,13-14,16,27-28H,4-6,11-12,15H2,1-3H3. The fraction of sp³-hybridized carbons (Fsp3) is 0.440. The van der Waals surface area contributed by atoms with Gasteiger partial charge in [-0.05, 0) is 98.5 Å². The Bertz CT molecular complexity index is 931. The highest BCUT2D eigenvalue weighted by atomic mass is 79.9. The van der Waals surface area contributed by atoms with Gasteiger partial charge >= 0.3 is 0 Å². The molecule has 2 aliphatic heterocycles. The lowest BCUT2D eigenvalue weighted by molar-refractivity contribution is 0.137. The Kier molecular flexibility index (Phi) is 5.76. The predicted octanol–water partition coefficient (Wildman–Crippen LogP) is 6.20. The molecule has 2 heterocycles. The van der Waals surface area contributed by atoms with E-state index in [0.717, 1.165) is 60.1 Å². The number of hydrogen-bond donors (Lipinski definition) is 2. The number of phenols is 1. The van der Waals surface area contributed by atoms with Crippen molar-refractivity contribution in [2.75, 3.05) is 13.1 Å². The van der Waals surface area contributed by atoms with Crippen molar-refractivity contribution in [2.24, 2.45) is 0 Å². The number of benzene rings is 2. The van der Waals surface area contributed by atoms with E-state index in [0.29, 0.717) is 11.7 Å². The first-order chi connectivity index (χ1) is 13.8. The minimum Gasteiger partial charge on any atom is -0.507 e. The Balaban J connectivity index is 1.52. The monoisotopic (exact) mass is 455 g/mol. The molecule has 2 aromatic carbocycles. The van der Waals surface area contributed by atoms with Crippen LogP contribution in [0.5, 0.6) is 11.5 Å². The number of nitrogens with one attached hydrogen (secondary N) is 1. The molecule has 0 amide bonds. The van der Waals surface area contributed by atoms with Crippen LogP contribution in [0, 0.1) is 0 Å². The smallest absolute Gasteiger partial charge is 0.132 e. The van der Waals surface area contributed by atoms with Gasteiger partial charge < -0.3 is 15.2 Å². The lowest BCUT2D eigenvalue weighted by atomic mass is 9.81. The van der Waals surface area contributed by atoms with Gasteiger partial charge in [-0.25, -0.2) is 0 Å². The summed E-state index contributed by atoms with van der Waals surface area (Å²) in [5, 5.41) is 14.3. The molecule has 0 spiro atoms. The number of aromatic hydroxyl groups is 1. The summed E-state index contributed by atoms with van der Waals surface area (Å²) in [5.41, 5.74) is 5.62. The van der Waals surface area contributed by atoms with Crippen molar-refractivity contribution in [3.8, 4) is 11.5 Å². The zero-order valence-corrected chi connectivity index (χ0v) is 19.1. The van der Waals surface area contributed by atoms with Crippen LogP contribution in [-0.4, -0.2) is 23.8 Å². The molecule has 0 aromatic heterocycles. The summed E-state index contributed by atoms with van der Waals surface area (Å²) in [5.74, 6) is 1.55. The molecule has 154 valence electrons. The van der Waals surface area contributed by atoms with E-state index in [4.69, 9.17) is 4.74 Å². The Hall–Kier alpha value is -1.78. The summed E-state index contributed by atoms with van der Waals surface area (Å²) in [6, 6.07) is 12.7. The molecule has 2 N–H and O–H groups in total. The van der Waals surface area contributed by atoms with Gasteiger partial charge in [0.2, 0.25) is 0 Å². The number of aryl methyl sites for hydroxylation is 1. The lowest BCUT2D eigenvalue weighted by Gasteiger charge is -2.40. The highest BCUT2D eigenvalue weighted by molar-refractivity contribution is 9.10. The summed E-state index contributed by atoms with van der Waals surface area (Å²) in [6.07, 6.45) is 4.23. The minimum atomic E-state index is -0.319. The van der Waals surface area contributed by atoms with Crippen molar-refractivity contribution >= 4 is 21.5 Å². The summed E-state index contributed by atoms with van der Waals surface area (Å²) in [4.78, 5) is 0. The van der Waals surface area contributed by atoms with Gasteiger partial charge in [-0.1, -0.05) is 35.0 Å². The maximum Gasteiger partial charge on any atom is 0.132 e. The van der Waals surface area contributed by atoms with Crippen LogP contribution in [0.2, 0.25) is 0 Å². The molecule has 0 aliphatic carbocycles. The van der Waals surface area contributed by atoms with E-state index in [1.165, 1.54) is 16.7 Å². The second kappa shape index (κ2) is 8.16. The van der Waals surface area contributed by atoms with Gasteiger partial charge in [0.25, 0.3) is 0 Å². The van der Waals surface area contributed by atoms with Crippen LogP contribution in [-0.2, 0) is 6.42 Å². The van der Waals surface area contributed by atoms with Crippen LogP contribution in [0.25, 0.3) is 5.57 Å². The molecule has 1 atom stereocenters. The molecular weight excluding hydrogens is 426 g/mol. The van der Waals surface area contributed by atoms with Crippen molar-refractivity contribution in [3.63, 3.8) is 0 Å². The van der Waals surface area contributed by atoms with Gasteiger partial charge in [-0.3, -0.25) is 0 Å². The molecule has 29 heavy (non-hydrogen) atoms. The molecular formula is C25H30BrNO2. The van der Waals surface area contributed by atoms with Gasteiger partial charge in [0.05, 0.1) is 5.56 Å². The van der Waals surface area contributed by atoms with E-state index in [1.807, 2.05) is 6.07 Å². The van der Waals surface area contributed by atoms with E-state index < -0.39 is 0 Å². The average molecular weight is 456 g/mol. The third-order valence-electron chi connectivity index (χ3n) is 6.30. The SMILES string of the molecule is CC(CCCc1ccc(Br)cc1)c1cc(O)c2c(c1)OC(C)(C)C1=C2CNCC1. The van der Waals surface area contributed by atoms with Crippen LogP contribution in [0.4, 0.5) is 0 Å². The molecule has 2 aromatic rings. The van der Waals surface area contributed by atoms with Crippen molar-refractivity contribution in [1.82, 2.24) is 5.32 Å². The number of fused-ring (bicyclic) bond motifs is 2. The molecule has 0 radical (unpaired) electrons. The Labute approximate surface area is 182 Å². The summed E-state index contributed by atoms with van der Waals surface area (Å²) in [7, 11) is 0. The second-order valence-corrected chi connectivity index (χ2v) is 9.74. The molecule has 0 saturated heterocycles. The summed E-state index contributed by atoms with van der Waals surface area (Å²) < 4.78 is 7.51. The number of ether oxygens (including phenoxy) is 1. The van der Waals surface area contributed by atoms with E-state index in [-0.39, 0.29) is 5.60 Å². The third kappa shape index (κ3) is 4.24. The van der Waals surface area contributed by atoms with Crippen LogP contribution < -0.4 is 10.1 Å². The van der Waals surface area contributed by atoms with Crippen LogP contribution in [0.15, 0.2) is 46.4 Å². The Morgan fingerprint density at radius 3 is 2.72 bits per heavy atom. The first-order valence-corrected chi connectivity index (χ1v) is 11.4. The number of rotatable bonds is 5. The molecule has 4 rings (SSSR count). The van der Waals surface area contributed by atoms with Crippen molar-refractivity contribution in [2.45, 2.75) is 58.0 Å². The quantitative estimate of drug-likeness (QED) is 0.563. The van der Waals surface area contributed by atoms with Gasteiger partial charge in [0.1, 0.15) is 17.1 Å². The van der Waals surface area contributed by atoms with Gasteiger partial charge in [-0.2, -0.15) is 0 Å². The molecule has 3 nitrogen and oxygen atoms in total. The number of halogens is 1. The lowest BCUT2D eigenvalue weighted by Crippen LogP contribution is -2.40. The predicted molar refractivity (Wildman–Crippen MR) is 123 cm³/mol.